The summed E-state index contributed by atoms with van der Waals surface area (Å²) < 4.78 is 4.82. The standard InChI is InChI=1S/C12H20N2O5/c1-3-19-11(17)7-14(9-4-5-9)12(18)13-8(2)6-10(15)16/h8-9H,3-7H2,1-2H3,(H,13,18)(H,15,16). The summed E-state index contributed by atoms with van der Waals surface area (Å²) in [5.74, 6) is -1.42. The predicted octanol–water partition coefficient (Wildman–Crippen LogP) is 0.587. The molecule has 0 bridgehead atoms. The fourth-order valence-electron chi connectivity index (χ4n) is 1.71. The largest absolute Gasteiger partial charge is 0.481 e. The van der Waals surface area contributed by atoms with Gasteiger partial charge in [-0.3, -0.25) is 9.59 Å². The number of carboxylic acids is 1. The molecular weight excluding hydrogens is 252 g/mol. The van der Waals surface area contributed by atoms with Crippen LogP contribution in [0.15, 0.2) is 0 Å². The van der Waals surface area contributed by atoms with Gasteiger partial charge in [-0.05, 0) is 26.7 Å². The summed E-state index contributed by atoms with van der Waals surface area (Å²) >= 11 is 0. The molecule has 0 aliphatic heterocycles. The van der Waals surface area contributed by atoms with Crippen LogP contribution < -0.4 is 5.32 Å². The second kappa shape index (κ2) is 6.96. The van der Waals surface area contributed by atoms with Gasteiger partial charge >= 0.3 is 18.0 Å². The maximum Gasteiger partial charge on any atom is 0.325 e. The van der Waals surface area contributed by atoms with E-state index in [0.29, 0.717) is 0 Å². The number of carbonyl (C=O) groups is 3. The lowest BCUT2D eigenvalue weighted by atomic mass is 10.2. The lowest BCUT2D eigenvalue weighted by Crippen LogP contribution is -2.47. The highest BCUT2D eigenvalue weighted by Crippen LogP contribution is 2.26. The molecule has 1 atom stereocenters. The summed E-state index contributed by atoms with van der Waals surface area (Å²) in [6.45, 7) is 3.49. The third-order valence-electron chi connectivity index (χ3n) is 2.70. The number of aliphatic carboxylic acids is 1. The van der Waals surface area contributed by atoms with Crippen LogP contribution in [0.5, 0.6) is 0 Å². The van der Waals surface area contributed by atoms with Gasteiger partial charge in [-0.25, -0.2) is 4.79 Å². The highest BCUT2D eigenvalue weighted by atomic mass is 16.5. The van der Waals surface area contributed by atoms with Gasteiger partial charge in [-0.15, -0.1) is 0 Å². The first kappa shape index (κ1) is 15.3. The van der Waals surface area contributed by atoms with E-state index < -0.39 is 24.0 Å². The molecule has 0 saturated heterocycles. The predicted molar refractivity (Wildman–Crippen MR) is 66.6 cm³/mol. The van der Waals surface area contributed by atoms with Crippen LogP contribution in [0.25, 0.3) is 0 Å². The number of rotatable bonds is 7. The molecule has 1 aliphatic carbocycles. The number of hydrogen-bond donors (Lipinski definition) is 2. The number of hydrogen-bond acceptors (Lipinski definition) is 4. The lowest BCUT2D eigenvalue weighted by Gasteiger charge is -2.23. The summed E-state index contributed by atoms with van der Waals surface area (Å²) in [4.78, 5) is 35.3. The number of amides is 2. The molecule has 0 aromatic heterocycles. The minimum atomic E-state index is -0.976. The number of ether oxygens (including phenoxy) is 1. The summed E-state index contributed by atoms with van der Waals surface area (Å²) in [6, 6.07) is -0.834. The molecule has 0 aromatic carbocycles. The minimum absolute atomic E-state index is 0.0569. The second-order valence-electron chi connectivity index (χ2n) is 4.61. The maximum atomic E-state index is 12.0. The van der Waals surface area contributed by atoms with Crippen molar-refractivity contribution >= 4 is 18.0 Å². The molecule has 0 spiro atoms. The van der Waals surface area contributed by atoms with Gasteiger partial charge in [0.1, 0.15) is 6.54 Å². The maximum absolute atomic E-state index is 12.0. The zero-order valence-electron chi connectivity index (χ0n) is 11.2. The van der Waals surface area contributed by atoms with Crippen LogP contribution in [0, 0.1) is 0 Å². The van der Waals surface area contributed by atoms with E-state index in [1.54, 1.807) is 13.8 Å². The first-order valence-corrected chi connectivity index (χ1v) is 6.38. The van der Waals surface area contributed by atoms with Crippen LogP contribution in [-0.4, -0.2) is 53.2 Å². The van der Waals surface area contributed by atoms with Crippen molar-refractivity contribution in [3.05, 3.63) is 0 Å². The van der Waals surface area contributed by atoms with Crippen molar-refractivity contribution in [2.75, 3.05) is 13.2 Å². The Kier molecular flexibility index (Phi) is 5.59. The van der Waals surface area contributed by atoms with Crippen LogP contribution in [0.2, 0.25) is 0 Å². The van der Waals surface area contributed by atoms with Crippen LogP contribution in [0.3, 0.4) is 0 Å². The van der Waals surface area contributed by atoms with Crippen molar-refractivity contribution < 1.29 is 24.2 Å². The summed E-state index contributed by atoms with van der Waals surface area (Å²) in [5.41, 5.74) is 0. The van der Waals surface area contributed by atoms with Crippen molar-refractivity contribution in [1.82, 2.24) is 10.2 Å². The molecule has 1 unspecified atom stereocenters. The fraction of sp³-hybridized carbons (Fsp3) is 0.750. The highest BCUT2D eigenvalue weighted by Gasteiger charge is 2.34. The van der Waals surface area contributed by atoms with Gasteiger partial charge in [0.25, 0.3) is 0 Å². The SMILES string of the molecule is CCOC(=O)CN(C(=O)NC(C)CC(=O)O)C1CC1. The molecule has 0 heterocycles. The Morgan fingerprint density at radius 1 is 1.42 bits per heavy atom. The zero-order valence-corrected chi connectivity index (χ0v) is 11.2. The van der Waals surface area contributed by atoms with E-state index in [-0.39, 0.29) is 25.6 Å². The average Bonchev–Trinajstić information content (AvgIpc) is 3.08. The first-order chi connectivity index (χ1) is 8.93. The average molecular weight is 272 g/mol. The minimum Gasteiger partial charge on any atom is -0.481 e. The van der Waals surface area contributed by atoms with Gasteiger partial charge in [0.15, 0.2) is 0 Å². The van der Waals surface area contributed by atoms with Gasteiger partial charge in [0.2, 0.25) is 0 Å². The van der Waals surface area contributed by atoms with Crippen molar-refractivity contribution in [2.45, 2.75) is 45.2 Å². The third-order valence-corrected chi connectivity index (χ3v) is 2.70. The summed E-state index contributed by atoms with van der Waals surface area (Å²) in [5, 5.41) is 11.2. The van der Waals surface area contributed by atoms with Crippen LogP contribution >= 0.6 is 0 Å². The molecule has 7 heteroatoms. The van der Waals surface area contributed by atoms with Crippen molar-refractivity contribution in [2.24, 2.45) is 0 Å². The van der Waals surface area contributed by atoms with Crippen LogP contribution in [0.1, 0.15) is 33.1 Å². The van der Waals surface area contributed by atoms with E-state index >= 15 is 0 Å². The first-order valence-electron chi connectivity index (χ1n) is 6.38. The Morgan fingerprint density at radius 3 is 2.53 bits per heavy atom. The van der Waals surface area contributed by atoms with E-state index in [1.807, 2.05) is 0 Å². The smallest absolute Gasteiger partial charge is 0.325 e. The molecule has 0 radical (unpaired) electrons. The van der Waals surface area contributed by atoms with Crippen LogP contribution in [-0.2, 0) is 14.3 Å². The lowest BCUT2D eigenvalue weighted by molar-refractivity contribution is -0.144. The van der Waals surface area contributed by atoms with E-state index in [4.69, 9.17) is 9.84 Å². The van der Waals surface area contributed by atoms with Gasteiger partial charge in [0.05, 0.1) is 13.0 Å². The Labute approximate surface area is 111 Å². The summed E-state index contributed by atoms with van der Waals surface area (Å²) in [7, 11) is 0. The number of esters is 1. The van der Waals surface area contributed by atoms with Crippen molar-refractivity contribution in [3.8, 4) is 0 Å². The normalized spacial score (nSPS) is 15.5. The van der Waals surface area contributed by atoms with Crippen molar-refractivity contribution in [1.29, 1.82) is 0 Å². The van der Waals surface area contributed by atoms with Gasteiger partial charge in [-0.2, -0.15) is 0 Å². The number of nitrogens with one attached hydrogen (secondary N) is 1. The van der Waals surface area contributed by atoms with E-state index in [2.05, 4.69) is 5.32 Å². The van der Waals surface area contributed by atoms with Gasteiger partial charge in [-0.1, -0.05) is 0 Å². The van der Waals surface area contributed by atoms with Gasteiger partial charge in [0, 0.05) is 12.1 Å². The quantitative estimate of drug-likeness (QED) is 0.661. The molecule has 1 fully saturated rings. The summed E-state index contributed by atoms with van der Waals surface area (Å²) in [6.07, 6.45) is 1.57. The molecule has 2 N–H and O–H groups in total. The van der Waals surface area contributed by atoms with E-state index in [1.165, 1.54) is 4.90 Å². The topological polar surface area (TPSA) is 95.9 Å². The fourth-order valence-corrected chi connectivity index (χ4v) is 1.71. The van der Waals surface area contributed by atoms with Gasteiger partial charge < -0.3 is 20.1 Å². The molecule has 0 aromatic rings. The molecule has 7 nitrogen and oxygen atoms in total. The number of carboxylic acid groups (broad SMARTS) is 1. The van der Waals surface area contributed by atoms with E-state index in [9.17, 15) is 14.4 Å². The molecule has 19 heavy (non-hydrogen) atoms. The molecular formula is C12H20N2O5. The molecule has 1 rings (SSSR count). The Bertz CT molecular complexity index is 354. The Hall–Kier alpha value is -1.79. The highest BCUT2D eigenvalue weighted by molar-refractivity contribution is 5.82. The zero-order chi connectivity index (χ0) is 14.4. The molecule has 1 saturated carbocycles. The van der Waals surface area contributed by atoms with Crippen molar-refractivity contribution in [3.63, 3.8) is 0 Å². The monoisotopic (exact) mass is 272 g/mol. The van der Waals surface area contributed by atoms with Crippen LogP contribution in [0.4, 0.5) is 4.79 Å². The molecule has 108 valence electrons. The number of nitrogens with zero attached hydrogens (tertiary/aromatic N) is 1. The number of carbonyl (C=O) groups excluding carboxylic acids is 2. The number of urea groups is 1. The molecule has 2 amide bonds. The third kappa shape index (κ3) is 5.58. The van der Waals surface area contributed by atoms with E-state index in [0.717, 1.165) is 12.8 Å². The second-order valence-corrected chi connectivity index (χ2v) is 4.61. The Morgan fingerprint density at radius 2 is 2.05 bits per heavy atom. The molecule has 1 aliphatic rings. The Balaban J connectivity index is 2.48.